The fourth-order valence-electron chi connectivity index (χ4n) is 4.47. The lowest BCUT2D eigenvalue weighted by Gasteiger charge is -2.27. The average Bonchev–Trinajstić information content (AvgIpc) is 3.17. The third-order valence-corrected chi connectivity index (χ3v) is 6.44. The summed E-state index contributed by atoms with van der Waals surface area (Å²) in [6.07, 6.45) is 0. The molecular weight excluding hydrogens is 470 g/mol. The number of hydrogen-bond acceptors (Lipinski definition) is 6. The number of amides is 1. The molecule has 0 spiro atoms. The number of esters is 1. The Hall–Kier alpha value is -4.39. The molecule has 7 nitrogen and oxygen atoms in total. The van der Waals surface area contributed by atoms with E-state index in [0.29, 0.717) is 22.6 Å². The van der Waals surface area contributed by atoms with E-state index < -0.39 is 23.7 Å². The van der Waals surface area contributed by atoms with Crippen molar-refractivity contribution < 1.29 is 29.0 Å². The smallest absolute Gasteiger partial charge is 0.337 e. The summed E-state index contributed by atoms with van der Waals surface area (Å²) in [5, 5.41) is 11.4. The molecule has 190 valence electrons. The third kappa shape index (κ3) is 4.72. The Kier molecular flexibility index (Phi) is 6.90. The van der Waals surface area contributed by atoms with Gasteiger partial charge in [-0.2, -0.15) is 0 Å². The first kappa shape index (κ1) is 25.7. The molecule has 37 heavy (non-hydrogen) atoms. The number of carbonyl (C=O) groups is 3. The average molecular weight is 500 g/mol. The van der Waals surface area contributed by atoms with E-state index in [1.807, 2.05) is 24.3 Å². The minimum absolute atomic E-state index is 0.0681. The lowest BCUT2D eigenvalue weighted by molar-refractivity contribution is -0.132. The maximum Gasteiger partial charge on any atom is 0.337 e. The van der Waals surface area contributed by atoms with Gasteiger partial charge >= 0.3 is 5.97 Å². The van der Waals surface area contributed by atoms with Crippen molar-refractivity contribution in [3.8, 4) is 5.75 Å². The summed E-state index contributed by atoms with van der Waals surface area (Å²) < 4.78 is 10.2. The number of para-hydroxylation sites is 1. The fraction of sp³-hybridized carbons (Fsp3) is 0.233. The van der Waals surface area contributed by atoms with Gasteiger partial charge in [-0.15, -0.1) is 0 Å². The number of benzene rings is 3. The topological polar surface area (TPSA) is 93.1 Å². The van der Waals surface area contributed by atoms with Crippen LogP contribution in [-0.4, -0.2) is 37.0 Å². The van der Waals surface area contributed by atoms with Crippen LogP contribution in [0.15, 0.2) is 78.4 Å². The Bertz CT molecular complexity index is 1400. The van der Waals surface area contributed by atoms with Gasteiger partial charge in [0.25, 0.3) is 11.7 Å². The van der Waals surface area contributed by atoms with Crippen molar-refractivity contribution >= 4 is 29.1 Å². The molecule has 1 aliphatic heterocycles. The number of aliphatic hydroxyl groups is 1. The number of aliphatic hydroxyl groups excluding tert-OH is 1. The summed E-state index contributed by atoms with van der Waals surface area (Å²) >= 11 is 0. The second kappa shape index (κ2) is 9.93. The zero-order valence-corrected chi connectivity index (χ0v) is 21.4. The first-order valence-corrected chi connectivity index (χ1v) is 11.8. The molecule has 1 unspecified atom stereocenters. The molecule has 3 aromatic rings. The van der Waals surface area contributed by atoms with E-state index >= 15 is 0 Å². The number of anilines is 1. The van der Waals surface area contributed by atoms with Crippen molar-refractivity contribution in [2.75, 3.05) is 19.1 Å². The number of rotatable bonds is 5. The monoisotopic (exact) mass is 499 g/mol. The van der Waals surface area contributed by atoms with Gasteiger partial charge < -0.3 is 14.6 Å². The molecule has 7 heteroatoms. The summed E-state index contributed by atoms with van der Waals surface area (Å²) in [6, 6.07) is 19.7. The molecule has 1 N–H and O–H groups in total. The molecule has 0 bridgehead atoms. The zero-order valence-electron chi connectivity index (χ0n) is 21.4. The van der Waals surface area contributed by atoms with Crippen LogP contribution in [0, 0.1) is 0 Å². The molecule has 1 aliphatic rings. The van der Waals surface area contributed by atoms with Gasteiger partial charge in [-0.1, -0.05) is 63.2 Å². The van der Waals surface area contributed by atoms with Gasteiger partial charge in [0, 0.05) is 5.69 Å². The van der Waals surface area contributed by atoms with Crippen LogP contribution in [0.3, 0.4) is 0 Å². The van der Waals surface area contributed by atoms with Crippen molar-refractivity contribution in [2.24, 2.45) is 0 Å². The first-order valence-electron chi connectivity index (χ1n) is 11.8. The largest absolute Gasteiger partial charge is 0.507 e. The van der Waals surface area contributed by atoms with E-state index in [9.17, 15) is 19.5 Å². The number of nitrogens with zero attached hydrogens (tertiary/aromatic N) is 1. The molecule has 1 saturated heterocycles. The second-order valence-electron chi connectivity index (χ2n) is 9.78. The van der Waals surface area contributed by atoms with Gasteiger partial charge in [0.05, 0.1) is 37.0 Å². The summed E-state index contributed by atoms with van der Waals surface area (Å²) in [5.41, 5.74) is 2.39. The Morgan fingerprint density at radius 2 is 1.59 bits per heavy atom. The van der Waals surface area contributed by atoms with Crippen LogP contribution in [0.2, 0.25) is 0 Å². The molecule has 1 atom stereocenters. The number of hydrogen-bond donors (Lipinski definition) is 1. The quantitative estimate of drug-likeness (QED) is 0.219. The van der Waals surface area contributed by atoms with Crippen molar-refractivity contribution in [3.05, 3.63) is 101 Å². The maximum absolute atomic E-state index is 13.5. The molecule has 4 rings (SSSR count). The van der Waals surface area contributed by atoms with Crippen molar-refractivity contribution in [2.45, 2.75) is 32.2 Å². The predicted molar refractivity (Wildman–Crippen MR) is 141 cm³/mol. The van der Waals surface area contributed by atoms with E-state index in [2.05, 4.69) is 20.8 Å². The SMILES string of the molecule is COC(=O)c1cccc(N2C(=O)C(=O)/C(=C(/O)c3ccccc3OC)C2c2ccc(C(C)(C)C)cc2)c1. The van der Waals surface area contributed by atoms with Gasteiger partial charge in [-0.05, 0) is 46.9 Å². The fourth-order valence-corrected chi connectivity index (χ4v) is 4.47. The van der Waals surface area contributed by atoms with E-state index in [4.69, 9.17) is 9.47 Å². The molecule has 1 fully saturated rings. The van der Waals surface area contributed by atoms with Gasteiger partial charge in [0.1, 0.15) is 11.5 Å². The number of carbonyl (C=O) groups excluding carboxylic acids is 3. The highest BCUT2D eigenvalue weighted by molar-refractivity contribution is 6.51. The molecule has 1 amide bonds. The van der Waals surface area contributed by atoms with E-state index in [0.717, 1.165) is 5.56 Å². The minimum Gasteiger partial charge on any atom is -0.507 e. The Morgan fingerprint density at radius 1 is 0.919 bits per heavy atom. The van der Waals surface area contributed by atoms with Crippen molar-refractivity contribution in [1.82, 2.24) is 0 Å². The minimum atomic E-state index is -0.938. The molecule has 0 radical (unpaired) electrons. The number of methoxy groups -OCH3 is 2. The van der Waals surface area contributed by atoms with Crippen LogP contribution >= 0.6 is 0 Å². The van der Waals surface area contributed by atoms with Gasteiger partial charge in [0.15, 0.2) is 0 Å². The lowest BCUT2D eigenvalue weighted by atomic mass is 9.85. The van der Waals surface area contributed by atoms with Gasteiger partial charge in [-0.25, -0.2) is 4.79 Å². The molecule has 0 aromatic heterocycles. The highest BCUT2D eigenvalue weighted by atomic mass is 16.5. The summed E-state index contributed by atoms with van der Waals surface area (Å²) in [7, 11) is 2.73. The highest BCUT2D eigenvalue weighted by Crippen LogP contribution is 2.43. The standard InChI is InChI=1S/C30H29NO6/c1-30(2,3)20-15-13-18(14-16-20)25-24(26(32)22-11-6-7-12-23(22)36-4)27(33)28(34)31(25)21-10-8-9-19(17-21)29(35)37-5/h6-17,25,32H,1-5H3/b26-24+. The third-order valence-electron chi connectivity index (χ3n) is 6.44. The summed E-state index contributed by atoms with van der Waals surface area (Å²) in [4.78, 5) is 40.4. The Labute approximate surface area is 215 Å². The van der Waals surface area contributed by atoms with Crippen LogP contribution in [0.1, 0.15) is 53.9 Å². The summed E-state index contributed by atoms with van der Waals surface area (Å²) in [5.74, 6) is -2.20. The van der Waals surface area contributed by atoms with Gasteiger partial charge in [0.2, 0.25) is 0 Å². The molecule has 3 aromatic carbocycles. The summed E-state index contributed by atoms with van der Waals surface area (Å²) in [6.45, 7) is 6.27. The van der Waals surface area contributed by atoms with Crippen LogP contribution < -0.4 is 9.64 Å². The molecule has 0 aliphatic carbocycles. The zero-order chi connectivity index (χ0) is 26.9. The lowest BCUT2D eigenvalue weighted by Crippen LogP contribution is -2.29. The van der Waals surface area contributed by atoms with Crippen LogP contribution in [0.25, 0.3) is 5.76 Å². The van der Waals surface area contributed by atoms with Gasteiger partial charge in [-0.3, -0.25) is 14.5 Å². The molecular formula is C30H29NO6. The van der Waals surface area contributed by atoms with Crippen LogP contribution in [0.5, 0.6) is 5.75 Å². The normalized spacial score (nSPS) is 17.1. The number of Topliss-reactive ketones (excluding diaryl/α,β-unsaturated/α-hetero) is 1. The van der Waals surface area contributed by atoms with Crippen LogP contribution in [0.4, 0.5) is 5.69 Å². The maximum atomic E-state index is 13.5. The Morgan fingerprint density at radius 3 is 2.22 bits per heavy atom. The number of ether oxygens (including phenoxy) is 2. The van der Waals surface area contributed by atoms with E-state index in [1.54, 1.807) is 42.5 Å². The van der Waals surface area contributed by atoms with Crippen molar-refractivity contribution in [3.63, 3.8) is 0 Å². The molecule has 1 heterocycles. The van der Waals surface area contributed by atoms with Crippen LogP contribution in [-0.2, 0) is 19.7 Å². The number of ketones is 1. The van der Waals surface area contributed by atoms with Crippen molar-refractivity contribution in [1.29, 1.82) is 0 Å². The van der Waals surface area contributed by atoms with E-state index in [1.165, 1.54) is 25.2 Å². The first-order chi connectivity index (χ1) is 17.6. The second-order valence-corrected chi connectivity index (χ2v) is 9.78. The molecule has 0 saturated carbocycles. The predicted octanol–water partition coefficient (Wildman–Crippen LogP) is 5.41. The van der Waals surface area contributed by atoms with E-state index in [-0.39, 0.29) is 22.3 Å². The highest BCUT2D eigenvalue weighted by Gasteiger charge is 2.47. The Balaban J connectivity index is 1.96.